The van der Waals surface area contributed by atoms with E-state index in [9.17, 15) is 92.7 Å². The number of aliphatic carboxylic acids is 2. The van der Waals surface area contributed by atoms with Crippen LogP contribution in [0, 0.1) is 0 Å². The molecule has 4 aliphatic heterocycles. The molecular weight excluding hydrogens is 929 g/mol. The highest BCUT2D eigenvalue weighted by molar-refractivity contribution is 7.81. The van der Waals surface area contributed by atoms with Gasteiger partial charge in [0.2, 0.25) is 0 Å². The molecule has 0 radical (unpaired) electrons. The molecule has 0 aromatic rings. The van der Waals surface area contributed by atoms with Crippen LogP contribution in [-0.4, -0.2) is 217 Å². The SMILES string of the molecule is O=C(O)[C@H]1C[C@H](O)[C@@H](OS(=O)(=O)O)[C@H](O[C@H]2[C@H](O)C[C@@H](O[C@H]3[C@H](O)[C@@H](OS(=O)(=O)O)[C@H](O[C@H]4[C@H](O)C[C@@H](O)O[C@@H]4COS(=O)(=O)O)O[C@H]3C(=O)O)O[C@@H]2COS(=O)(=O)O)O1. The van der Waals surface area contributed by atoms with Crippen LogP contribution in [0.2, 0.25) is 0 Å². The van der Waals surface area contributed by atoms with Crippen LogP contribution in [0.1, 0.15) is 19.3 Å². The van der Waals surface area contributed by atoms with Crippen LogP contribution in [-0.2, 0) is 101 Å². The monoisotopic (exact) mass is 966 g/mol. The van der Waals surface area contributed by atoms with Gasteiger partial charge < -0.3 is 68.9 Å². The quantitative estimate of drug-likeness (QED) is 0.0569. The molecule has 4 saturated heterocycles. The summed E-state index contributed by atoms with van der Waals surface area (Å²) in [4.78, 5) is 24.1. The second kappa shape index (κ2) is 19.8. The van der Waals surface area contributed by atoms with Crippen molar-refractivity contribution in [2.45, 2.75) is 124 Å². The molecule has 0 bridgehead atoms. The molecular formula is C24H38O32S4. The lowest BCUT2D eigenvalue weighted by atomic mass is 9.96. The van der Waals surface area contributed by atoms with Crippen LogP contribution in [0.15, 0.2) is 0 Å². The molecule has 60 heavy (non-hydrogen) atoms. The van der Waals surface area contributed by atoms with Gasteiger partial charge in [0.05, 0.1) is 31.5 Å². The van der Waals surface area contributed by atoms with Gasteiger partial charge in [-0.15, -0.1) is 0 Å². The second-order valence-corrected chi connectivity index (χ2v) is 17.2. The molecule has 17 atom stereocenters. The second-order valence-electron chi connectivity index (χ2n) is 12.9. The molecule has 36 heteroatoms. The maximum Gasteiger partial charge on any atom is 0.397 e. The lowest BCUT2D eigenvalue weighted by Gasteiger charge is -2.47. The molecule has 0 unspecified atom stereocenters. The van der Waals surface area contributed by atoms with Crippen molar-refractivity contribution in [2.75, 3.05) is 13.2 Å². The number of aliphatic hydroxyl groups is 5. The number of hydrogen-bond acceptors (Lipinski definition) is 26. The summed E-state index contributed by atoms with van der Waals surface area (Å²) in [6, 6.07) is 0. The molecule has 11 N–H and O–H groups in total. The van der Waals surface area contributed by atoms with Crippen molar-refractivity contribution in [3.05, 3.63) is 0 Å². The van der Waals surface area contributed by atoms with E-state index in [0.717, 1.165) is 0 Å². The number of carbonyl (C=O) groups is 2. The van der Waals surface area contributed by atoms with E-state index in [1.54, 1.807) is 0 Å². The van der Waals surface area contributed by atoms with E-state index in [2.05, 4.69) is 16.7 Å². The number of aliphatic hydroxyl groups excluding tert-OH is 5. The van der Waals surface area contributed by atoms with Gasteiger partial charge in [-0.1, -0.05) is 0 Å². The number of ether oxygens (including phenoxy) is 7. The van der Waals surface area contributed by atoms with Gasteiger partial charge in [0.1, 0.15) is 36.6 Å². The summed E-state index contributed by atoms with van der Waals surface area (Å²) < 4.78 is 183. The van der Waals surface area contributed by atoms with Gasteiger partial charge in [0.15, 0.2) is 49.6 Å². The van der Waals surface area contributed by atoms with Crippen molar-refractivity contribution in [2.24, 2.45) is 0 Å². The molecule has 0 amide bonds. The Morgan fingerprint density at radius 1 is 0.517 bits per heavy atom. The van der Waals surface area contributed by atoms with Crippen LogP contribution in [0.3, 0.4) is 0 Å². The third kappa shape index (κ3) is 14.5. The fraction of sp³-hybridized carbons (Fsp3) is 0.917. The zero-order valence-electron chi connectivity index (χ0n) is 29.5. The maximum absolute atomic E-state index is 12.4. The highest BCUT2D eigenvalue weighted by atomic mass is 32.3. The summed E-state index contributed by atoms with van der Waals surface area (Å²) >= 11 is 0. The smallest absolute Gasteiger partial charge is 0.397 e. The van der Waals surface area contributed by atoms with Gasteiger partial charge >= 0.3 is 53.5 Å². The highest BCUT2D eigenvalue weighted by Crippen LogP contribution is 2.36. The molecule has 0 aromatic carbocycles. The van der Waals surface area contributed by atoms with Crippen LogP contribution in [0.5, 0.6) is 0 Å². The van der Waals surface area contributed by atoms with Crippen molar-refractivity contribution < 1.29 is 147 Å². The summed E-state index contributed by atoms with van der Waals surface area (Å²) in [7, 11) is -21.7. The summed E-state index contributed by atoms with van der Waals surface area (Å²) in [5.74, 6) is -3.80. The number of carboxylic acid groups (broad SMARTS) is 2. The van der Waals surface area contributed by atoms with Gasteiger partial charge in [0.25, 0.3) is 0 Å². The molecule has 4 fully saturated rings. The topological polar surface area (TPSA) is 495 Å². The van der Waals surface area contributed by atoms with Crippen LogP contribution in [0.4, 0.5) is 0 Å². The van der Waals surface area contributed by atoms with Crippen LogP contribution < -0.4 is 0 Å². The Kier molecular flexibility index (Phi) is 16.7. The largest absolute Gasteiger partial charge is 0.479 e. The fourth-order valence-electron chi connectivity index (χ4n) is 6.21. The van der Waals surface area contributed by atoms with E-state index < -0.39 is 191 Å². The lowest BCUT2D eigenvalue weighted by molar-refractivity contribution is -0.360. The number of carboxylic acids is 2. The summed E-state index contributed by atoms with van der Waals surface area (Å²) in [6.07, 6.45) is -40.1. The van der Waals surface area contributed by atoms with Gasteiger partial charge in [-0.05, 0) is 0 Å². The van der Waals surface area contributed by atoms with E-state index in [0.29, 0.717) is 0 Å². The molecule has 350 valence electrons. The maximum atomic E-state index is 12.4. The minimum absolute atomic E-state index is 0.712. The minimum atomic E-state index is -5.69. The zero-order chi connectivity index (χ0) is 45.3. The van der Waals surface area contributed by atoms with Gasteiger partial charge in [0, 0.05) is 19.3 Å². The number of rotatable bonds is 18. The third-order valence-electron chi connectivity index (χ3n) is 8.59. The molecule has 4 aliphatic rings. The molecule has 0 saturated carbocycles. The van der Waals surface area contributed by atoms with Crippen molar-refractivity contribution >= 4 is 53.5 Å². The van der Waals surface area contributed by atoms with Gasteiger partial charge in [-0.2, -0.15) is 33.7 Å². The van der Waals surface area contributed by atoms with E-state index in [1.807, 2.05) is 0 Å². The van der Waals surface area contributed by atoms with Crippen LogP contribution >= 0.6 is 0 Å². The molecule has 0 aromatic heterocycles. The van der Waals surface area contributed by atoms with Gasteiger partial charge in [-0.3, -0.25) is 18.2 Å². The Morgan fingerprint density at radius 2 is 0.983 bits per heavy atom. The fourth-order valence-corrected chi connectivity index (χ4v) is 7.81. The Morgan fingerprint density at radius 3 is 1.47 bits per heavy atom. The van der Waals surface area contributed by atoms with Crippen molar-refractivity contribution in [1.29, 1.82) is 0 Å². The van der Waals surface area contributed by atoms with Gasteiger partial charge in [-0.25, -0.2) is 26.3 Å². The lowest BCUT2D eigenvalue weighted by Crippen LogP contribution is -2.65. The Hall–Kier alpha value is -2.06. The number of hydrogen-bond donors (Lipinski definition) is 11. The van der Waals surface area contributed by atoms with E-state index >= 15 is 0 Å². The average molecular weight is 967 g/mol. The first-order chi connectivity index (χ1) is 27.4. The molecule has 4 heterocycles. The van der Waals surface area contributed by atoms with Crippen molar-refractivity contribution in [1.82, 2.24) is 0 Å². The van der Waals surface area contributed by atoms with Crippen molar-refractivity contribution in [3.63, 3.8) is 0 Å². The normalized spacial score (nSPS) is 39.9. The molecule has 32 nitrogen and oxygen atoms in total. The van der Waals surface area contributed by atoms with Crippen molar-refractivity contribution in [3.8, 4) is 0 Å². The molecule has 4 rings (SSSR count). The van der Waals surface area contributed by atoms with E-state index in [1.165, 1.54) is 0 Å². The first-order valence-electron chi connectivity index (χ1n) is 16.4. The summed E-state index contributed by atoms with van der Waals surface area (Å²) in [5.41, 5.74) is 0. The Bertz CT molecular complexity index is 1940. The summed E-state index contributed by atoms with van der Waals surface area (Å²) in [6.45, 7) is -2.61. The Balaban J connectivity index is 1.63. The summed E-state index contributed by atoms with van der Waals surface area (Å²) in [5, 5.41) is 72.7. The highest BCUT2D eigenvalue weighted by Gasteiger charge is 2.56. The predicted molar refractivity (Wildman–Crippen MR) is 172 cm³/mol. The first kappa shape index (κ1) is 50.6. The first-order valence-corrected chi connectivity index (χ1v) is 21.9. The average Bonchev–Trinajstić information content (AvgIpc) is 3.07. The van der Waals surface area contributed by atoms with E-state index in [-0.39, 0.29) is 0 Å². The standard InChI is InChI=1S/C24H38O32S4/c25-6-1-9(21(30)31)50-23(17(6)55-59(40,41)42)52-16-8(27)3-13(49-11(16)5-47-58(37,38)39)51-18-14(29)19(56-60(43,44)45)24(54-20(18)22(32)33)53-15-7(26)2-12(28)48-10(15)4-46-57(34,35)36/h6-20,23-29H,1-5H2,(H,30,31)(H,32,33)(H,34,35,36)(H,37,38,39)(H,40,41,42)(H,43,44,45)/t6-,7+,8+,9+,10+,11+,12-,13+,14-,15-,16-,17+,18-,19+,20+,23-,24+/m0/s1. The molecule has 0 spiro atoms. The van der Waals surface area contributed by atoms with E-state index in [4.69, 9.17) is 37.7 Å². The Labute approximate surface area is 337 Å². The minimum Gasteiger partial charge on any atom is -0.479 e. The van der Waals surface area contributed by atoms with Crippen LogP contribution in [0.25, 0.3) is 0 Å². The predicted octanol–water partition coefficient (Wildman–Crippen LogP) is -7.17. The zero-order valence-corrected chi connectivity index (χ0v) is 32.7. The third-order valence-corrected chi connectivity index (χ3v) is 10.4. The molecule has 0 aliphatic carbocycles.